The van der Waals surface area contributed by atoms with Gasteiger partial charge in [0.05, 0.1) is 0 Å². The standard InChI is InChI=1S/C11H15NOS/c1-3-9(2)8-11(13)14-10-6-4-5-7-12-10/h4-7,9H,3,8H2,1-2H3. The first-order chi connectivity index (χ1) is 6.72. The van der Waals surface area contributed by atoms with Gasteiger partial charge in [0.15, 0.2) is 5.12 Å². The summed E-state index contributed by atoms with van der Waals surface area (Å²) in [6.45, 7) is 4.19. The van der Waals surface area contributed by atoms with Crippen molar-refractivity contribution < 1.29 is 4.79 Å². The van der Waals surface area contributed by atoms with Gasteiger partial charge in [0.1, 0.15) is 5.03 Å². The molecule has 2 nitrogen and oxygen atoms in total. The fraction of sp³-hybridized carbons (Fsp3) is 0.455. The summed E-state index contributed by atoms with van der Waals surface area (Å²) in [6, 6.07) is 5.61. The Hall–Kier alpha value is -0.830. The quantitative estimate of drug-likeness (QED) is 0.714. The Kier molecular flexibility index (Phi) is 4.66. The summed E-state index contributed by atoms with van der Waals surface area (Å²) in [5.74, 6) is 0.471. The Labute approximate surface area is 89.1 Å². The molecule has 0 N–H and O–H groups in total. The lowest BCUT2D eigenvalue weighted by atomic mass is 10.1. The van der Waals surface area contributed by atoms with E-state index < -0.39 is 0 Å². The molecule has 0 aliphatic carbocycles. The molecule has 0 fully saturated rings. The summed E-state index contributed by atoms with van der Waals surface area (Å²) >= 11 is 1.24. The Morgan fingerprint density at radius 3 is 2.93 bits per heavy atom. The lowest BCUT2D eigenvalue weighted by Crippen LogP contribution is -2.00. The molecule has 1 atom stereocenters. The first kappa shape index (κ1) is 11.2. The Morgan fingerprint density at radius 1 is 1.57 bits per heavy atom. The second-order valence-electron chi connectivity index (χ2n) is 3.36. The molecule has 0 aliphatic heterocycles. The zero-order chi connectivity index (χ0) is 10.4. The average molecular weight is 209 g/mol. The number of rotatable bonds is 4. The third kappa shape index (κ3) is 3.92. The highest BCUT2D eigenvalue weighted by Gasteiger charge is 2.09. The largest absolute Gasteiger partial charge is 0.287 e. The van der Waals surface area contributed by atoms with Gasteiger partial charge in [-0.2, -0.15) is 0 Å². The van der Waals surface area contributed by atoms with E-state index in [1.165, 1.54) is 11.8 Å². The molecule has 0 amide bonds. The van der Waals surface area contributed by atoms with E-state index in [0.717, 1.165) is 11.4 Å². The van der Waals surface area contributed by atoms with Crippen molar-refractivity contribution >= 4 is 16.9 Å². The number of aromatic nitrogens is 1. The van der Waals surface area contributed by atoms with Gasteiger partial charge in [-0.1, -0.05) is 26.3 Å². The summed E-state index contributed by atoms with van der Waals surface area (Å²) in [6.07, 6.45) is 3.39. The summed E-state index contributed by atoms with van der Waals surface area (Å²) in [5, 5.41) is 0.999. The van der Waals surface area contributed by atoms with E-state index >= 15 is 0 Å². The fourth-order valence-corrected chi connectivity index (χ4v) is 1.86. The van der Waals surface area contributed by atoms with Crippen LogP contribution in [0.1, 0.15) is 26.7 Å². The molecule has 0 saturated heterocycles. The van der Waals surface area contributed by atoms with Crippen LogP contribution in [0.2, 0.25) is 0 Å². The summed E-state index contributed by atoms with van der Waals surface area (Å²) < 4.78 is 0. The number of nitrogens with zero attached hydrogens (tertiary/aromatic N) is 1. The lowest BCUT2D eigenvalue weighted by molar-refractivity contribution is -0.111. The minimum atomic E-state index is 0.207. The minimum Gasteiger partial charge on any atom is -0.287 e. The molecular weight excluding hydrogens is 194 g/mol. The van der Waals surface area contributed by atoms with Crippen molar-refractivity contribution in [1.29, 1.82) is 0 Å². The molecule has 0 bridgehead atoms. The number of pyridine rings is 1. The second-order valence-corrected chi connectivity index (χ2v) is 4.44. The van der Waals surface area contributed by atoms with Crippen LogP contribution in [0.5, 0.6) is 0 Å². The molecule has 1 rings (SSSR count). The first-order valence-electron chi connectivity index (χ1n) is 4.84. The van der Waals surface area contributed by atoms with Crippen LogP contribution in [0.3, 0.4) is 0 Å². The smallest absolute Gasteiger partial charge is 0.195 e. The number of carbonyl (C=O) groups excluding carboxylic acids is 1. The molecule has 1 aromatic rings. The van der Waals surface area contributed by atoms with Crippen LogP contribution in [-0.2, 0) is 4.79 Å². The maximum atomic E-state index is 11.5. The van der Waals surface area contributed by atoms with Crippen LogP contribution in [0.4, 0.5) is 0 Å². The van der Waals surface area contributed by atoms with E-state index in [0.29, 0.717) is 12.3 Å². The van der Waals surface area contributed by atoms with E-state index in [1.54, 1.807) is 6.20 Å². The van der Waals surface area contributed by atoms with Crippen LogP contribution >= 0.6 is 11.8 Å². The number of thioether (sulfide) groups is 1. The normalized spacial score (nSPS) is 12.4. The van der Waals surface area contributed by atoms with Crippen LogP contribution in [0.25, 0.3) is 0 Å². The van der Waals surface area contributed by atoms with Gasteiger partial charge in [0, 0.05) is 12.6 Å². The van der Waals surface area contributed by atoms with E-state index in [1.807, 2.05) is 18.2 Å². The van der Waals surface area contributed by atoms with Crippen molar-refractivity contribution in [2.24, 2.45) is 5.92 Å². The molecule has 1 unspecified atom stereocenters. The van der Waals surface area contributed by atoms with Crippen molar-refractivity contribution in [2.45, 2.75) is 31.7 Å². The van der Waals surface area contributed by atoms with Crippen molar-refractivity contribution in [1.82, 2.24) is 4.98 Å². The van der Waals surface area contributed by atoms with Gasteiger partial charge < -0.3 is 0 Å². The Bertz CT molecular complexity index is 287. The van der Waals surface area contributed by atoms with Crippen molar-refractivity contribution in [3.05, 3.63) is 24.4 Å². The molecule has 76 valence electrons. The van der Waals surface area contributed by atoms with E-state index in [2.05, 4.69) is 18.8 Å². The fourth-order valence-electron chi connectivity index (χ4n) is 0.995. The second kappa shape index (κ2) is 5.81. The number of carbonyl (C=O) groups is 1. The molecule has 0 aliphatic rings. The molecule has 0 spiro atoms. The van der Waals surface area contributed by atoms with Crippen LogP contribution in [0, 0.1) is 5.92 Å². The van der Waals surface area contributed by atoms with Gasteiger partial charge in [-0.3, -0.25) is 4.79 Å². The summed E-state index contributed by atoms with van der Waals surface area (Å²) in [4.78, 5) is 15.6. The highest BCUT2D eigenvalue weighted by Crippen LogP contribution is 2.20. The van der Waals surface area contributed by atoms with Gasteiger partial charge in [-0.25, -0.2) is 4.98 Å². The molecule has 1 aromatic heterocycles. The van der Waals surface area contributed by atoms with E-state index in [9.17, 15) is 4.79 Å². The molecule has 14 heavy (non-hydrogen) atoms. The van der Waals surface area contributed by atoms with Crippen LogP contribution in [-0.4, -0.2) is 10.1 Å². The summed E-state index contributed by atoms with van der Waals surface area (Å²) in [7, 11) is 0. The molecule has 1 heterocycles. The lowest BCUT2D eigenvalue weighted by Gasteiger charge is -2.05. The zero-order valence-electron chi connectivity index (χ0n) is 8.56. The number of hydrogen-bond acceptors (Lipinski definition) is 3. The summed E-state index contributed by atoms with van der Waals surface area (Å²) in [5.41, 5.74) is 0. The SMILES string of the molecule is CCC(C)CC(=O)Sc1ccccn1. The monoisotopic (exact) mass is 209 g/mol. The van der Waals surface area contributed by atoms with E-state index in [4.69, 9.17) is 0 Å². The van der Waals surface area contributed by atoms with Gasteiger partial charge in [-0.15, -0.1) is 0 Å². The zero-order valence-corrected chi connectivity index (χ0v) is 9.38. The third-order valence-electron chi connectivity index (χ3n) is 2.07. The third-order valence-corrected chi connectivity index (χ3v) is 2.91. The van der Waals surface area contributed by atoms with Crippen molar-refractivity contribution in [2.75, 3.05) is 0 Å². The van der Waals surface area contributed by atoms with Gasteiger partial charge in [-0.05, 0) is 29.8 Å². The van der Waals surface area contributed by atoms with E-state index in [-0.39, 0.29) is 5.12 Å². The predicted octanol–water partition coefficient (Wildman–Crippen LogP) is 3.14. The predicted molar refractivity (Wildman–Crippen MR) is 59.2 cm³/mol. The van der Waals surface area contributed by atoms with Crippen LogP contribution in [0.15, 0.2) is 29.4 Å². The maximum absolute atomic E-state index is 11.5. The Balaban J connectivity index is 2.42. The van der Waals surface area contributed by atoms with Gasteiger partial charge in [0.2, 0.25) is 0 Å². The highest BCUT2D eigenvalue weighted by atomic mass is 32.2. The average Bonchev–Trinajstić information content (AvgIpc) is 2.19. The topological polar surface area (TPSA) is 30.0 Å². The molecule has 0 radical (unpaired) electrons. The molecule has 3 heteroatoms. The molecular formula is C11H15NOS. The van der Waals surface area contributed by atoms with Gasteiger partial charge in [0.25, 0.3) is 0 Å². The first-order valence-corrected chi connectivity index (χ1v) is 5.65. The van der Waals surface area contributed by atoms with Crippen LogP contribution < -0.4 is 0 Å². The van der Waals surface area contributed by atoms with Crippen molar-refractivity contribution in [3.63, 3.8) is 0 Å². The maximum Gasteiger partial charge on any atom is 0.195 e. The molecule has 0 aromatic carbocycles. The number of hydrogen-bond donors (Lipinski definition) is 0. The van der Waals surface area contributed by atoms with Crippen molar-refractivity contribution in [3.8, 4) is 0 Å². The van der Waals surface area contributed by atoms with Gasteiger partial charge >= 0.3 is 0 Å². The molecule has 0 saturated carbocycles. The Morgan fingerprint density at radius 2 is 2.36 bits per heavy atom. The minimum absolute atomic E-state index is 0.207. The highest BCUT2D eigenvalue weighted by molar-refractivity contribution is 8.13.